The molecule has 7 nitrogen and oxygen atoms in total. The van der Waals surface area contributed by atoms with Crippen LogP contribution >= 0.6 is 0 Å². The van der Waals surface area contributed by atoms with Crippen molar-refractivity contribution in [2.45, 2.75) is 11.8 Å². The molecule has 0 saturated heterocycles. The Labute approximate surface area is 162 Å². The summed E-state index contributed by atoms with van der Waals surface area (Å²) in [5, 5.41) is 6.64. The number of hydrogen-bond acceptors (Lipinski definition) is 4. The molecular formula is C19H19FN4O3S. The van der Waals surface area contributed by atoms with Crippen molar-refractivity contribution in [3.8, 4) is 0 Å². The van der Waals surface area contributed by atoms with Gasteiger partial charge in [-0.25, -0.2) is 12.8 Å². The molecule has 0 bridgehead atoms. The van der Waals surface area contributed by atoms with Gasteiger partial charge in [0.05, 0.1) is 11.1 Å². The molecule has 0 aliphatic rings. The molecule has 146 valence electrons. The van der Waals surface area contributed by atoms with Crippen molar-refractivity contribution in [2.24, 2.45) is 7.05 Å². The summed E-state index contributed by atoms with van der Waals surface area (Å²) in [4.78, 5) is 12.8. The first-order valence-corrected chi connectivity index (χ1v) is 9.78. The fourth-order valence-electron chi connectivity index (χ4n) is 2.68. The van der Waals surface area contributed by atoms with Gasteiger partial charge in [0.15, 0.2) is 5.82 Å². The highest BCUT2D eigenvalue weighted by molar-refractivity contribution is 7.92. The summed E-state index contributed by atoms with van der Waals surface area (Å²) in [5.74, 6) is -0.871. The molecule has 0 unspecified atom stereocenters. The van der Waals surface area contributed by atoms with Gasteiger partial charge in [-0.1, -0.05) is 17.7 Å². The number of hydrogen-bond donors (Lipinski definition) is 1. The Morgan fingerprint density at radius 2 is 1.71 bits per heavy atom. The van der Waals surface area contributed by atoms with Gasteiger partial charge < -0.3 is 5.32 Å². The van der Waals surface area contributed by atoms with Gasteiger partial charge in [-0.2, -0.15) is 5.10 Å². The fourth-order valence-corrected chi connectivity index (χ4v) is 3.92. The predicted molar refractivity (Wildman–Crippen MR) is 104 cm³/mol. The maximum Gasteiger partial charge on any atom is 0.265 e. The zero-order valence-corrected chi connectivity index (χ0v) is 16.4. The normalized spacial score (nSPS) is 11.3. The molecular weight excluding hydrogens is 383 g/mol. The Morgan fingerprint density at radius 1 is 1.11 bits per heavy atom. The molecule has 0 aliphatic heterocycles. The van der Waals surface area contributed by atoms with Gasteiger partial charge in [-0.15, -0.1) is 0 Å². The third-order valence-corrected chi connectivity index (χ3v) is 5.99. The first-order chi connectivity index (χ1) is 13.2. The number of aryl methyl sites for hydroxylation is 2. The van der Waals surface area contributed by atoms with Crippen LogP contribution in [0.1, 0.15) is 15.9 Å². The van der Waals surface area contributed by atoms with Gasteiger partial charge in [-0.05, 0) is 43.3 Å². The minimum atomic E-state index is -3.89. The van der Waals surface area contributed by atoms with Gasteiger partial charge >= 0.3 is 0 Å². The number of rotatable bonds is 5. The second-order valence-corrected chi connectivity index (χ2v) is 8.22. The van der Waals surface area contributed by atoms with Crippen LogP contribution in [0.15, 0.2) is 59.6 Å². The van der Waals surface area contributed by atoms with Crippen molar-refractivity contribution < 1.29 is 17.6 Å². The van der Waals surface area contributed by atoms with Crippen molar-refractivity contribution in [3.05, 3.63) is 71.7 Å². The lowest BCUT2D eigenvalue weighted by Crippen LogP contribution is -2.30. The van der Waals surface area contributed by atoms with E-state index in [0.29, 0.717) is 5.69 Å². The number of nitrogens with zero attached hydrogens (tertiary/aromatic N) is 3. The number of anilines is 2. The number of carbonyl (C=O) groups excluding carboxylic acids is 1. The van der Waals surface area contributed by atoms with Gasteiger partial charge in [0.2, 0.25) is 0 Å². The molecule has 1 N–H and O–H groups in total. The molecule has 3 rings (SSSR count). The quantitative estimate of drug-likeness (QED) is 0.711. The molecule has 28 heavy (non-hydrogen) atoms. The number of amides is 1. The largest absolute Gasteiger partial charge is 0.322 e. The van der Waals surface area contributed by atoms with E-state index in [9.17, 15) is 17.6 Å². The SMILES string of the molecule is Cc1ccc(S(=O)(=O)N(C)c2c(C(=O)Nc3ccc(F)cc3)cnn2C)cc1. The number of benzene rings is 2. The van der Waals surface area contributed by atoms with E-state index in [1.165, 1.54) is 54.3 Å². The molecule has 0 atom stereocenters. The molecule has 1 aromatic heterocycles. The van der Waals surface area contributed by atoms with Crippen LogP contribution in [0.2, 0.25) is 0 Å². The zero-order chi connectivity index (χ0) is 20.5. The van der Waals surface area contributed by atoms with Crippen LogP contribution in [0, 0.1) is 12.7 Å². The summed E-state index contributed by atoms with van der Waals surface area (Å²) in [5.41, 5.74) is 1.39. The molecule has 0 radical (unpaired) electrons. The molecule has 0 saturated carbocycles. The summed E-state index contributed by atoms with van der Waals surface area (Å²) in [7, 11) is -0.984. The Balaban J connectivity index is 1.94. The molecule has 0 spiro atoms. The summed E-state index contributed by atoms with van der Waals surface area (Å²) >= 11 is 0. The topological polar surface area (TPSA) is 84.3 Å². The van der Waals surface area contributed by atoms with E-state index in [-0.39, 0.29) is 16.3 Å². The minimum absolute atomic E-state index is 0.0741. The zero-order valence-electron chi connectivity index (χ0n) is 15.5. The predicted octanol–water partition coefficient (Wildman–Crippen LogP) is 2.95. The average molecular weight is 402 g/mol. The van der Waals surface area contributed by atoms with E-state index in [1.54, 1.807) is 19.2 Å². The van der Waals surface area contributed by atoms with Crippen LogP contribution in [0.3, 0.4) is 0 Å². The van der Waals surface area contributed by atoms with E-state index in [0.717, 1.165) is 9.87 Å². The van der Waals surface area contributed by atoms with Gasteiger partial charge in [0, 0.05) is 19.8 Å². The van der Waals surface area contributed by atoms with E-state index in [2.05, 4.69) is 10.4 Å². The lowest BCUT2D eigenvalue weighted by atomic mass is 10.2. The molecule has 2 aromatic carbocycles. The van der Waals surface area contributed by atoms with Crippen LogP contribution in [-0.4, -0.2) is 31.2 Å². The second-order valence-electron chi connectivity index (χ2n) is 6.25. The smallest absolute Gasteiger partial charge is 0.265 e. The summed E-state index contributed by atoms with van der Waals surface area (Å²) in [6.07, 6.45) is 1.29. The van der Waals surface area contributed by atoms with Gasteiger partial charge in [0.25, 0.3) is 15.9 Å². The lowest BCUT2D eigenvalue weighted by Gasteiger charge is -2.21. The number of sulfonamides is 1. The third-order valence-electron chi connectivity index (χ3n) is 4.23. The van der Waals surface area contributed by atoms with E-state index in [1.807, 2.05) is 6.92 Å². The Bertz CT molecular complexity index is 1110. The lowest BCUT2D eigenvalue weighted by molar-refractivity contribution is 0.102. The van der Waals surface area contributed by atoms with Crippen LogP contribution < -0.4 is 9.62 Å². The van der Waals surface area contributed by atoms with Crippen LogP contribution in [0.4, 0.5) is 15.9 Å². The van der Waals surface area contributed by atoms with Gasteiger partial charge in [0.1, 0.15) is 11.4 Å². The molecule has 0 aliphatic carbocycles. The first kappa shape index (κ1) is 19.6. The molecule has 1 amide bonds. The standard InChI is InChI=1S/C19H19FN4O3S/c1-13-4-10-16(11-5-13)28(26,27)24(3)19-17(12-21-23(19)2)18(25)22-15-8-6-14(20)7-9-15/h4-12H,1-3H3,(H,22,25). The van der Waals surface area contributed by atoms with E-state index < -0.39 is 21.7 Å². The van der Waals surface area contributed by atoms with Crippen molar-refractivity contribution in [2.75, 3.05) is 16.7 Å². The van der Waals surface area contributed by atoms with Crippen molar-refractivity contribution in [3.63, 3.8) is 0 Å². The minimum Gasteiger partial charge on any atom is -0.322 e. The number of aromatic nitrogens is 2. The Kier molecular flexibility index (Phi) is 5.19. The molecule has 9 heteroatoms. The highest BCUT2D eigenvalue weighted by Crippen LogP contribution is 2.26. The van der Waals surface area contributed by atoms with Crippen LogP contribution in [0.5, 0.6) is 0 Å². The maximum absolute atomic E-state index is 13.0. The van der Waals surface area contributed by atoms with Crippen molar-refractivity contribution in [1.29, 1.82) is 0 Å². The first-order valence-electron chi connectivity index (χ1n) is 8.34. The number of carbonyl (C=O) groups is 1. The van der Waals surface area contributed by atoms with Crippen LogP contribution in [-0.2, 0) is 17.1 Å². The van der Waals surface area contributed by atoms with Crippen molar-refractivity contribution in [1.82, 2.24) is 9.78 Å². The third kappa shape index (κ3) is 3.74. The fraction of sp³-hybridized carbons (Fsp3) is 0.158. The number of halogens is 1. The maximum atomic E-state index is 13.0. The monoisotopic (exact) mass is 402 g/mol. The van der Waals surface area contributed by atoms with Gasteiger partial charge in [-0.3, -0.25) is 13.8 Å². The Morgan fingerprint density at radius 3 is 2.32 bits per heavy atom. The molecule has 1 heterocycles. The van der Waals surface area contributed by atoms with E-state index in [4.69, 9.17) is 0 Å². The molecule has 0 fully saturated rings. The summed E-state index contributed by atoms with van der Waals surface area (Å²) in [6, 6.07) is 11.7. The summed E-state index contributed by atoms with van der Waals surface area (Å²) < 4.78 is 41.3. The van der Waals surface area contributed by atoms with Crippen molar-refractivity contribution >= 4 is 27.4 Å². The Hall–Kier alpha value is -3.20. The average Bonchev–Trinajstić information content (AvgIpc) is 3.04. The summed E-state index contributed by atoms with van der Waals surface area (Å²) in [6.45, 7) is 1.86. The molecule has 3 aromatic rings. The van der Waals surface area contributed by atoms with E-state index >= 15 is 0 Å². The highest BCUT2D eigenvalue weighted by Gasteiger charge is 2.28. The van der Waals surface area contributed by atoms with Crippen LogP contribution in [0.25, 0.3) is 0 Å². The number of nitrogens with one attached hydrogen (secondary N) is 1. The second kappa shape index (κ2) is 7.43. The highest BCUT2D eigenvalue weighted by atomic mass is 32.2.